The second kappa shape index (κ2) is 13.1. The predicted octanol–water partition coefficient (Wildman–Crippen LogP) is 4.69. The van der Waals surface area contributed by atoms with Crippen molar-refractivity contribution in [3.05, 3.63) is 54.4 Å². The number of anilines is 2. The van der Waals surface area contributed by atoms with Gasteiger partial charge in [0.1, 0.15) is 13.2 Å². The van der Waals surface area contributed by atoms with Crippen LogP contribution in [0.4, 0.5) is 16.6 Å². The van der Waals surface area contributed by atoms with Gasteiger partial charge in [0.05, 0.1) is 12.9 Å². The molecule has 10 heteroatoms. The number of nitrogens with one attached hydrogen (secondary N) is 2. The third-order valence-corrected chi connectivity index (χ3v) is 5.07. The maximum absolute atomic E-state index is 12.5. The highest BCUT2D eigenvalue weighted by Gasteiger charge is 2.18. The van der Waals surface area contributed by atoms with Gasteiger partial charge in [0.25, 0.3) is 0 Å². The van der Waals surface area contributed by atoms with Crippen molar-refractivity contribution in [1.82, 2.24) is 19.5 Å². The first kappa shape index (κ1) is 25.7. The molecule has 35 heavy (non-hydrogen) atoms. The summed E-state index contributed by atoms with van der Waals surface area (Å²) in [5.74, 6) is 0.107. The molecule has 3 aromatic rings. The zero-order valence-corrected chi connectivity index (χ0v) is 20.2. The Labute approximate surface area is 204 Å². The number of unbranched alkanes of at least 4 members (excludes halogenated alkanes) is 2. The van der Waals surface area contributed by atoms with Gasteiger partial charge in [-0.3, -0.25) is 10.1 Å². The van der Waals surface area contributed by atoms with E-state index in [0.717, 1.165) is 31.2 Å². The van der Waals surface area contributed by atoms with E-state index in [1.165, 1.54) is 11.9 Å². The number of esters is 1. The highest BCUT2D eigenvalue weighted by Crippen LogP contribution is 2.21. The molecule has 10 nitrogen and oxygen atoms in total. The van der Waals surface area contributed by atoms with Gasteiger partial charge in [-0.2, -0.15) is 9.97 Å². The molecule has 0 bridgehead atoms. The number of aromatic nitrogens is 4. The van der Waals surface area contributed by atoms with E-state index < -0.39 is 12.1 Å². The van der Waals surface area contributed by atoms with Crippen molar-refractivity contribution in [2.45, 2.75) is 52.7 Å². The summed E-state index contributed by atoms with van der Waals surface area (Å²) in [5.41, 5.74) is 2.79. The number of benzene rings is 1. The number of allylic oxidation sites excluding steroid dienone is 1. The van der Waals surface area contributed by atoms with E-state index in [0.29, 0.717) is 23.7 Å². The van der Waals surface area contributed by atoms with E-state index in [9.17, 15) is 9.59 Å². The molecular weight excluding hydrogens is 448 g/mol. The largest absolute Gasteiger partial charge is 0.465 e. The fourth-order valence-corrected chi connectivity index (χ4v) is 3.36. The number of hydrogen-bond acceptors (Lipinski definition) is 8. The van der Waals surface area contributed by atoms with Gasteiger partial charge in [-0.1, -0.05) is 42.3 Å². The van der Waals surface area contributed by atoms with Crippen LogP contribution < -0.4 is 10.6 Å². The predicted molar refractivity (Wildman–Crippen MR) is 134 cm³/mol. The van der Waals surface area contributed by atoms with E-state index in [1.54, 1.807) is 11.5 Å². The van der Waals surface area contributed by atoms with Crippen molar-refractivity contribution in [2.75, 3.05) is 23.8 Å². The molecule has 2 heterocycles. The smallest absolute Gasteiger partial charge is 0.413 e. The summed E-state index contributed by atoms with van der Waals surface area (Å²) >= 11 is 0. The second-order valence-electron chi connectivity index (χ2n) is 8.13. The first-order chi connectivity index (χ1) is 17.0. The first-order valence-corrected chi connectivity index (χ1v) is 11.7. The standard InChI is InChI=1S/C25H32N6O4/c1-4-34-20(32)15-31-17-27-21-22(29-25(33)35-16-19-12-8-5-9-13-19)28-24(30-23(21)31)26-14-10-6-7-11-18(2)3/h5,8-9,12-13,17H,2,4,6-7,10-11,14-16H2,1,3H3,(H2,26,28,29,30,33). The topological polar surface area (TPSA) is 120 Å². The molecule has 186 valence electrons. The first-order valence-electron chi connectivity index (χ1n) is 11.7. The highest BCUT2D eigenvalue weighted by molar-refractivity contribution is 5.94. The van der Waals surface area contributed by atoms with Gasteiger partial charge < -0.3 is 19.4 Å². The Morgan fingerprint density at radius 3 is 2.63 bits per heavy atom. The molecule has 2 aromatic heterocycles. The fraction of sp³-hybridized carbons (Fsp3) is 0.400. The van der Waals surface area contributed by atoms with Crippen LogP contribution >= 0.6 is 0 Å². The highest BCUT2D eigenvalue weighted by atomic mass is 16.5. The quantitative estimate of drug-likeness (QED) is 0.205. The van der Waals surface area contributed by atoms with Crippen LogP contribution in [0.25, 0.3) is 11.2 Å². The molecule has 0 aliphatic rings. The number of carbonyl (C=O) groups is 2. The fourth-order valence-electron chi connectivity index (χ4n) is 3.36. The summed E-state index contributed by atoms with van der Waals surface area (Å²) in [6.45, 7) is 8.70. The average molecular weight is 481 g/mol. The molecular formula is C25H32N6O4. The molecule has 0 aliphatic heterocycles. The lowest BCUT2D eigenvalue weighted by Crippen LogP contribution is -2.17. The zero-order chi connectivity index (χ0) is 25.0. The summed E-state index contributed by atoms with van der Waals surface area (Å²) in [6.07, 6.45) is 4.86. The van der Waals surface area contributed by atoms with E-state index in [1.807, 2.05) is 37.3 Å². The minimum atomic E-state index is -0.667. The van der Waals surface area contributed by atoms with Gasteiger partial charge >= 0.3 is 12.1 Å². The summed E-state index contributed by atoms with van der Waals surface area (Å²) in [7, 11) is 0. The van der Waals surface area contributed by atoms with Crippen LogP contribution in [-0.2, 0) is 27.4 Å². The van der Waals surface area contributed by atoms with Gasteiger partial charge in [0.2, 0.25) is 5.95 Å². The average Bonchev–Trinajstić information content (AvgIpc) is 3.23. The van der Waals surface area contributed by atoms with Crippen molar-refractivity contribution in [1.29, 1.82) is 0 Å². The molecule has 0 unspecified atom stereocenters. The van der Waals surface area contributed by atoms with E-state index >= 15 is 0 Å². The summed E-state index contributed by atoms with van der Waals surface area (Å²) in [4.78, 5) is 37.7. The zero-order valence-electron chi connectivity index (χ0n) is 20.2. The van der Waals surface area contributed by atoms with Crippen LogP contribution in [0.3, 0.4) is 0 Å². The number of rotatable bonds is 13. The van der Waals surface area contributed by atoms with E-state index in [-0.39, 0.29) is 25.6 Å². The molecule has 3 rings (SSSR count). The van der Waals surface area contributed by atoms with Crippen LogP contribution in [0.2, 0.25) is 0 Å². The minimum Gasteiger partial charge on any atom is -0.465 e. The van der Waals surface area contributed by atoms with Gasteiger partial charge in [-0.15, -0.1) is 6.58 Å². The summed E-state index contributed by atoms with van der Waals surface area (Å²) in [6, 6.07) is 9.37. The molecule has 1 amide bonds. The maximum Gasteiger partial charge on any atom is 0.413 e. The van der Waals surface area contributed by atoms with Crippen molar-refractivity contribution in [3.63, 3.8) is 0 Å². The lowest BCUT2D eigenvalue weighted by Gasteiger charge is -2.11. The van der Waals surface area contributed by atoms with Crippen molar-refractivity contribution in [3.8, 4) is 0 Å². The Morgan fingerprint density at radius 2 is 1.89 bits per heavy atom. The lowest BCUT2D eigenvalue weighted by molar-refractivity contribution is -0.143. The number of amides is 1. The van der Waals surface area contributed by atoms with Crippen LogP contribution in [0.1, 0.15) is 45.1 Å². The molecule has 0 saturated carbocycles. The normalized spacial score (nSPS) is 10.7. The number of imidazole rings is 1. The van der Waals surface area contributed by atoms with Crippen molar-refractivity contribution < 1.29 is 19.1 Å². The van der Waals surface area contributed by atoms with Crippen LogP contribution in [0.15, 0.2) is 48.8 Å². The minimum absolute atomic E-state index is 0.0560. The SMILES string of the molecule is C=C(C)CCCCCNc1nc(NC(=O)OCc2ccccc2)c2ncn(CC(=O)OCC)c2n1. The molecule has 2 N–H and O–H groups in total. The number of fused-ring (bicyclic) bond motifs is 1. The second-order valence-corrected chi connectivity index (χ2v) is 8.13. The summed E-state index contributed by atoms with van der Waals surface area (Å²) < 4.78 is 11.9. The number of nitrogens with zero attached hydrogens (tertiary/aromatic N) is 4. The Balaban J connectivity index is 1.73. The van der Waals surface area contributed by atoms with Crippen LogP contribution in [-0.4, -0.2) is 44.7 Å². The van der Waals surface area contributed by atoms with E-state index in [2.05, 4.69) is 32.2 Å². The molecule has 0 aliphatic carbocycles. The van der Waals surface area contributed by atoms with Gasteiger partial charge in [0, 0.05) is 6.54 Å². The Morgan fingerprint density at radius 1 is 1.09 bits per heavy atom. The third kappa shape index (κ3) is 8.09. The summed E-state index contributed by atoms with van der Waals surface area (Å²) in [5, 5.41) is 5.85. The van der Waals surface area contributed by atoms with Gasteiger partial charge in [0.15, 0.2) is 17.0 Å². The molecule has 1 aromatic carbocycles. The third-order valence-electron chi connectivity index (χ3n) is 5.07. The Hall–Kier alpha value is -3.95. The van der Waals surface area contributed by atoms with Crippen LogP contribution in [0.5, 0.6) is 0 Å². The van der Waals surface area contributed by atoms with Crippen molar-refractivity contribution >= 4 is 35.0 Å². The monoisotopic (exact) mass is 480 g/mol. The Bertz CT molecular complexity index is 1150. The Kier molecular flexibility index (Phi) is 9.58. The molecule has 0 radical (unpaired) electrons. The molecule has 0 fully saturated rings. The van der Waals surface area contributed by atoms with E-state index in [4.69, 9.17) is 9.47 Å². The maximum atomic E-state index is 12.5. The number of ether oxygens (including phenoxy) is 2. The number of hydrogen-bond donors (Lipinski definition) is 2. The molecule has 0 spiro atoms. The lowest BCUT2D eigenvalue weighted by atomic mass is 10.1. The van der Waals surface area contributed by atoms with Gasteiger partial charge in [-0.05, 0) is 38.7 Å². The molecule has 0 atom stereocenters. The van der Waals surface area contributed by atoms with Gasteiger partial charge in [-0.25, -0.2) is 9.78 Å². The van der Waals surface area contributed by atoms with Crippen molar-refractivity contribution in [2.24, 2.45) is 0 Å². The molecule has 0 saturated heterocycles. The van der Waals surface area contributed by atoms with Crippen LogP contribution in [0, 0.1) is 0 Å². The number of carbonyl (C=O) groups excluding carboxylic acids is 2.